The van der Waals surface area contributed by atoms with E-state index in [0.29, 0.717) is 16.9 Å². The van der Waals surface area contributed by atoms with E-state index in [2.05, 4.69) is 34.0 Å². The van der Waals surface area contributed by atoms with E-state index in [1.54, 1.807) is 17.5 Å². The first-order chi connectivity index (χ1) is 14.5. The highest BCUT2D eigenvalue weighted by Crippen LogP contribution is 2.41. The van der Waals surface area contributed by atoms with E-state index >= 15 is 0 Å². The number of halogens is 3. The van der Waals surface area contributed by atoms with Gasteiger partial charge in [-0.1, -0.05) is 12.1 Å². The number of ketones is 1. The van der Waals surface area contributed by atoms with Crippen LogP contribution in [0.25, 0.3) is 0 Å². The highest BCUT2D eigenvalue weighted by Gasteiger charge is 2.37. The monoisotopic (exact) mass is 450 g/mol. The molecule has 0 saturated carbocycles. The SMILES string of the molecule is Cc1cnc(C2CC(C)(C)n3ncc(C(=O)Cc4ccc(OC(F)(F)F)cc4)c3N2)s1. The smallest absolute Gasteiger partial charge is 0.406 e. The summed E-state index contributed by atoms with van der Waals surface area (Å²) in [5, 5.41) is 8.80. The summed E-state index contributed by atoms with van der Waals surface area (Å²) in [5.41, 5.74) is 0.711. The van der Waals surface area contributed by atoms with Gasteiger partial charge in [0.05, 0.1) is 23.3 Å². The Morgan fingerprint density at radius 2 is 2.00 bits per heavy atom. The molecule has 0 bridgehead atoms. The largest absolute Gasteiger partial charge is 0.573 e. The summed E-state index contributed by atoms with van der Waals surface area (Å²) in [6.07, 6.45) is -0.571. The Hall–Kier alpha value is -2.88. The number of alkyl halides is 3. The van der Waals surface area contributed by atoms with Crippen molar-refractivity contribution in [2.75, 3.05) is 5.32 Å². The minimum atomic E-state index is -4.75. The summed E-state index contributed by atoms with van der Waals surface area (Å²) in [6, 6.07) is 5.27. The summed E-state index contributed by atoms with van der Waals surface area (Å²) in [4.78, 5) is 18.6. The van der Waals surface area contributed by atoms with Crippen LogP contribution in [0.3, 0.4) is 0 Å². The van der Waals surface area contributed by atoms with Gasteiger partial charge in [-0.2, -0.15) is 5.10 Å². The topological polar surface area (TPSA) is 69.0 Å². The molecule has 0 fully saturated rings. The molecule has 4 rings (SSSR count). The van der Waals surface area contributed by atoms with Gasteiger partial charge >= 0.3 is 6.36 Å². The number of fused-ring (bicyclic) bond motifs is 1. The van der Waals surface area contributed by atoms with Crippen molar-refractivity contribution in [2.45, 2.75) is 51.6 Å². The van der Waals surface area contributed by atoms with Gasteiger partial charge < -0.3 is 10.1 Å². The number of hydrogen-bond donors (Lipinski definition) is 1. The Balaban J connectivity index is 1.55. The van der Waals surface area contributed by atoms with Gasteiger partial charge in [0.2, 0.25) is 0 Å². The second kappa shape index (κ2) is 7.67. The third-order valence-corrected chi connectivity index (χ3v) is 6.14. The average Bonchev–Trinajstić information content (AvgIpc) is 3.28. The second-order valence-corrected chi connectivity index (χ2v) is 9.40. The van der Waals surface area contributed by atoms with Crippen LogP contribution in [-0.4, -0.2) is 26.9 Å². The predicted molar refractivity (Wildman–Crippen MR) is 111 cm³/mol. The first-order valence-corrected chi connectivity index (χ1v) is 10.5. The van der Waals surface area contributed by atoms with Crippen molar-refractivity contribution in [3.05, 3.63) is 57.7 Å². The van der Waals surface area contributed by atoms with E-state index in [4.69, 9.17) is 0 Å². The van der Waals surface area contributed by atoms with E-state index in [-0.39, 0.29) is 29.5 Å². The number of carbonyl (C=O) groups is 1. The van der Waals surface area contributed by atoms with Crippen LogP contribution in [0.1, 0.15) is 52.1 Å². The predicted octanol–water partition coefficient (Wildman–Crippen LogP) is 5.26. The van der Waals surface area contributed by atoms with Crippen LogP contribution >= 0.6 is 11.3 Å². The molecule has 0 aliphatic carbocycles. The fraction of sp³-hybridized carbons (Fsp3) is 0.381. The number of anilines is 1. The van der Waals surface area contributed by atoms with Gasteiger partial charge in [-0.05, 0) is 44.9 Å². The number of aromatic nitrogens is 3. The first kappa shape index (κ1) is 21.4. The summed E-state index contributed by atoms with van der Waals surface area (Å²) >= 11 is 1.61. The lowest BCUT2D eigenvalue weighted by molar-refractivity contribution is -0.274. The van der Waals surface area contributed by atoms with Gasteiger partial charge in [0, 0.05) is 17.5 Å². The van der Waals surface area contributed by atoms with Crippen molar-refractivity contribution in [2.24, 2.45) is 0 Å². The molecule has 1 unspecified atom stereocenters. The fourth-order valence-electron chi connectivity index (χ4n) is 3.72. The highest BCUT2D eigenvalue weighted by atomic mass is 32.1. The van der Waals surface area contributed by atoms with Gasteiger partial charge in [-0.15, -0.1) is 24.5 Å². The number of nitrogens with one attached hydrogen (secondary N) is 1. The Morgan fingerprint density at radius 1 is 1.29 bits per heavy atom. The van der Waals surface area contributed by atoms with Crippen LogP contribution in [0.5, 0.6) is 5.75 Å². The zero-order chi connectivity index (χ0) is 22.4. The molecular weight excluding hydrogens is 429 g/mol. The van der Waals surface area contributed by atoms with Crippen molar-refractivity contribution in [1.82, 2.24) is 14.8 Å². The number of hydrogen-bond acceptors (Lipinski definition) is 6. The van der Waals surface area contributed by atoms with Crippen LogP contribution in [0.4, 0.5) is 19.0 Å². The molecule has 0 amide bonds. The minimum Gasteiger partial charge on any atom is -0.406 e. The van der Waals surface area contributed by atoms with Crippen LogP contribution in [0.15, 0.2) is 36.7 Å². The Bertz CT molecular complexity index is 1100. The summed E-state index contributed by atoms with van der Waals surface area (Å²) in [6.45, 7) is 6.12. The molecule has 6 nitrogen and oxygen atoms in total. The van der Waals surface area contributed by atoms with Crippen LogP contribution < -0.4 is 10.1 Å². The molecule has 0 radical (unpaired) electrons. The number of aryl methyl sites for hydroxylation is 1. The molecule has 31 heavy (non-hydrogen) atoms. The third-order valence-electron chi connectivity index (χ3n) is 5.12. The Labute approximate surface area is 181 Å². The molecule has 164 valence electrons. The number of thiazole rings is 1. The van der Waals surface area contributed by atoms with Crippen molar-refractivity contribution >= 4 is 22.9 Å². The van der Waals surface area contributed by atoms with Gasteiger partial charge in [0.15, 0.2) is 5.78 Å². The number of Topliss-reactive ketones (excluding diaryl/α,β-unsaturated/α-hetero) is 1. The molecule has 0 saturated heterocycles. The number of nitrogens with zero attached hydrogens (tertiary/aromatic N) is 3. The molecule has 1 atom stereocenters. The van der Waals surface area contributed by atoms with E-state index in [9.17, 15) is 18.0 Å². The summed E-state index contributed by atoms with van der Waals surface area (Å²) in [7, 11) is 0. The van der Waals surface area contributed by atoms with Crippen molar-refractivity contribution in [3.63, 3.8) is 0 Å². The van der Waals surface area contributed by atoms with Gasteiger partial charge in [-0.3, -0.25) is 4.79 Å². The van der Waals surface area contributed by atoms with Gasteiger partial charge in [0.25, 0.3) is 0 Å². The van der Waals surface area contributed by atoms with Crippen molar-refractivity contribution in [1.29, 1.82) is 0 Å². The zero-order valence-corrected chi connectivity index (χ0v) is 18.0. The van der Waals surface area contributed by atoms with Crippen LogP contribution in [-0.2, 0) is 12.0 Å². The molecule has 2 aromatic heterocycles. The summed E-state index contributed by atoms with van der Waals surface area (Å²) < 4.78 is 42.7. The third kappa shape index (κ3) is 4.58. The quantitative estimate of drug-likeness (QED) is 0.537. The summed E-state index contributed by atoms with van der Waals surface area (Å²) in [5.74, 6) is 0.137. The Kier molecular flexibility index (Phi) is 5.28. The number of rotatable bonds is 5. The molecule has 1 aliphatic heterocycles. The zero-order valence-electron chi connectivity index (χ0n) is 17.2. The molecule has 10 heteroatoms. The van der Waals surface area contributed by atoms with E-state index in [1.165, 1.54) is 24.3 Å². The molecular formula is C21H21F3N4O2S. The fourth-order valence-corrected chi connectivity index (χ4v) is 4.55. The molecule has 3 heterocycles. The molecule has 3 aromatic rings. The number of benzene rings is 1. The maximum atomic E-state index is 13.0. The van der Waals surface area contributed by atoms with E-state index in [1.807, 2.05) is 17.8 Å². The molecule has 0 spiro atoms. The van der Waals surface area contributed by atoms with Gasteiger partial charge in [0.1, 0.15) is 16.6 Å². The second-order valence-electron chi connectivity index (χ2n) is 8.13. The highest BCUT2D eigenvalue weighted by molar-refractivity contribution is 7.11. The molecule has 1 aromatic carbocycles. The maximum Gasteiger partial charge on any atom is 0.573 e. The van der Waals surface area contributed by atoms with E-state index in [0.717, 1.165) is 16.3 Å². The Morgan fingerprint density at radius 3 is 2.61 bits per heavy atom. The molecule has 1 N–H and O–H groups in total. The lowest BCUT2D eigenvalue weighted by Crippen LogP contribution is -2.38. The van der Waals surface area contributed by atoms with Gasteiger partial charge in [-0.25, -0.2) is 9.67 Å². The number of carbonyl (C=O) groups excluding carboxylic acids is 1. The van der Waals surface area contributed by atoms with Crippen LogP contribution in [0.2, 0.25) is 0 Å². The lowest BCUT2D eigenvalue weighted by Gasteiger charge is -2.37. The minimum absolute atomic E-state index is 0.0358. The standard InChI is InChI=1S/C21H21F3N4O2S/c1-12-10-25-19(31-12)16-9-20(2,3)28-18(27-16)15(11-26-28)17(29)8-13-4-6-14(7-5-13)30-21(22,23)24/h4-7,10-11,16,27H,8-9H2,1-3H3. The van der Waals surface area contributed by atoms with Crippen LogP contribution in [0, 0.1) is 6.92 Å². The van der Waals surface area contributed by atoms with Crippen molar-refractivity contribution in [3.8, 4) is 5.75 Å². The lowest BCUT2D eigenvalue weighted by atomic mass is 9.92. The average molecular weight is 450 g/mol. The van der Waals surface area contributed by atoms with E-state index < -0.39 is 6.36 Å². The first-order valence-electron chi connectivity index (χ1n) is 9.67. The maximum absolute atomic E-state index is 13.0. The van der Waals surface area contributed by atoms with Crippen molar-refractivity contribution < 1.29 is 22.7 Å². The number of ether oxygens (including phenoxy) is 1. The molecule has 1 aliphatic rings. The normalized spacial score (nSPS) is 17.7.